The number of hydrogen-bond acceptors (Lipinski definition) is 6. The van der Waals surface area contributed by atoms with Gasteiger partial charge in [-0.2, -0.15) is 0 Å². The van der Waals surface area contributed by atoms with E-state index in [2.05, 4.69) is 28.6 Å². The lowest BCUT2D eigenvalue weighted by molar-refractivity contribution is -0.131. The monoisotopic (exact) mass is 446 g/mol. The maximum Gasteiger partial charge on any atom is 0.328 e. The molecule has 10 heteroatoms. The van der Waals surface area contributed by atoms with Crippen LogP contribution in [0.25, 0.3) is 0 Å². The molecule has 2 amide bonds. The highest BCUT2D eigenvalue weighted by Crippen LogP contribution is 2.39. The van der Waals surface area contributed by atoms with Crippen LogP contribution in [-0.2, 0) is 21.2 Å². The summed E-state index contributed by atoms with van der Waals surface area (Å²) in [5.74, 6) is 10.8. The minimum Gasteiger partial charge on any atom is -0.318 e. The number of carbonyl (C=O) groups excluding carboxylic acids is 2. The summed E-state index contributed by atoms with van der Waals surface area (Å²) in [4.78, 5) is 28.1. The molecule has 31 heavy (non-hydrogen) atoms. The molecule has 9 nitrogen and oxygen atoms in total. The molecule has 1 aromatic heterocycles. The lowest BCUT2D eigenvalue weighted by Crippen LogP contribution is -2.50. The number of nitrogens with one attached hydrogen (secondary N) is 1. The lowest BCUT2D eigenvalue weighted by Gasteiger charge is -2.27. The molecule has 3 rings (SSSR count). The molecule has 0 spiro atoms. The quantitative estimate of drug-likeness (QED) is 0.372. The highest BCUT2D eigenvalue weighted by Gasteiger charge is 2.44. The van der Waals surface area contributed by atoms with E-state index in [1.54, 1.807) is 12.3 Å². The van der Waals surface area contributed by atoms with Crippen molar-refractivity contribution in [2.45, 2.75) is 43.0 Å². The molecule has 1 atom stereocenters. The summed E-state index contributed by atoms with van der Waals surface area (Å²) in [5, 5.41) is 8.91. The van der Waals surface area contributed by atoms with Crippen LogP contribution < -0.4 is 5.48 Å². The van der Waals surface area contributed by atoms with Gasteiger partial charge in [0, 0.05) is 30.3 Å². The summed E-state index contributed by atoms with van der Waals surface area (Å²) in [6, 6.07) is 1.47. The van der Waals surface area contributed by atoms with E-state index in [0.29, 0.717) is 5.56 Å². The fraction of sp³-hybridized carbons (Fsp3) is 0.524. The molecule has 1 fully saturated rings. The van der Waals surface area contributed by atoms with Crippen molar-refractivity contribution in [3.8, 4) is 23.7 Å². The van der Waals surface area contributed by atoms with Gasteiger partial charge in [0.05, 0.1) is 12.1 Å². The van der Waals surface area contributed by atoms with Crippen LogP contribution in [0.5, 0.6) is 0 Å². The van der Waals surface area contributed by atoms with Crippen molar-refractivity contribution < 1.29 is 23.2 Å². The minimum atomic E-state index is -3.82. The van der Waals surface area contributed by atoms with Crippen molar-refractivity contribution in [1.29, 1.82) is 0 Å². The maximum absolute atomic E-state index is 12.7. The van der Waals surface area contributed by atoms with Gasteiger partial charge >= 0.3 is 6.03 Å². The van der Waals surface area contributed by atoms with Crippen molar-refractivity contribution >= 4 is 21.8 Å². The van der Waals surface area contributed by atoms with Crippen molar-refractivity contribution in [1.82, 2.24) is 19.8 Å². The van der Waals surface area contributed by atoms with Gasteiger partial charge in [0.15, 0.2) is 14.6 Å². The number of sulfone groups is 1. The van der Waals surface area contributed by atoms with Gasteiger partial charge in [0.2, 0.25) is 0 Å². The number of nitrogens with zero attached hydrogens (tertiary/aromatic N) is 3. The third kappa shape index (κ3) is 4.33. The zero-order valence-electron chi connectivity index (χ0n) is 18.0. The Morgan fingerprint density at radius 3 is 2.55 bits per heavy atom. The number of rotatable bonds is 6. The van der Waals surface area contributed by atoms with Gasteiger partial charge in [-0.15, -0.1) is 0 Å². The molecule has 1 aromatic rings. The first-order valence-corrected chi connectivity index (χ1v) is 11.7. The molecule has 1 aliphatic heterocycles. The van der Waals surface area contributed by atoms with E-state index in [1.165, 1.54) is 21.9 Å². The molecule has 1 aliphatic carbocycles. The molecule has 0 bridgehead atoms. The predicted molar refractivity (Wildman–Crippen MR) is 114 cm³/mol. The van der Waals surface area contributed by atoms with Crippen molar-refractivity contribution in [3.05, 3.63) is 23.5 Å². The summed E-state index contributed by atoms with van der Waals surface area (Å²) < 4.78 is 23.8. The molecular weight excluding hydrogens is 420 g/mol. The number of fused-ring (bicyclic) bond motifs is 1. The van der Waals surface area contributed by atoms with Crippen LogP contribution in [0.1, 0.15) is 37.4 Å². The fourth-order valence-corrected chi connectivity index (χ4v) is 4.30. The number of carbonyl (C=O) groups is 2. The van der Waals surface area contributed by atoms with E-state index in [-0.39, 0.29) is 31.1 Å². The standard InChI is InChI=1S/C21H26N4O5S/c1-20(18(26)22-28,31(4,29)30)11-12-24-15-17-13-16(14-25(17)19(24)27)7-5-6-8-21(9-10-21)23(2)3/h13-14,28H,9-12,15H2,1-4H3,(H,22,26). The Labute approximate surface area is 182 Å². The Balaban J connectivity index is 1.66. The summed E-state index contributed by atoms with van der Waals surface area (Å²) in [5.41, 5.74) is 2.75. The molecule has 2 N–H and O–H groups in total. The summed E-state index contributed by atoms with van der Waals surface area (Å²) in [6.45, 7) is 1.54. The van der Waals surface area contributed by atoms with Gasteiger partial charge in [-0.3, -0.25) is 19.5 Å². The van der Waals surface area contributed by atoms with Crippen molar-refractivity contribution in [3.63, 3.8) is 0 Å². The minimum absolute atomic E-state index is 0.0383. The highest BCUT2D eigenvalue weighted by molar-refractivity contribution is 7.92. The van der Waals surface area contributed by atoms with E-state index in [1.807, 2.05) is 14.1 Å². The van der Waals surface area contributed by atoms with E-state index in [0.717, 1.165) is 24.8 Å². The third-order valence-corrected chi connectivity index (χ3v) is 8.16. The van der Waals surface area contributed by atoms with Gasteiger partial charge < -0.3 is 4.90 Å². The van der Waals surface area contributed by atoms with Crippen LogP contribution in [0.2, 0.25) is 0 Å². The second kappa shape index (κ2) is 8.04. The smallest absolute Gasteiger partial charge is 0.318 e. The predicted octanol–water partition coefficient (Wildman–Crippen LogP) is 0.420. The average molecular weight is 447 g/mol. The number of hydrogen-bond donors (Lipinski definition) is 2. The summed E-state index contributed by atoms with van der Waals surface area (Å²) in [6.07, 6.45) is 4.48. The molecule has 2 aliphatic rings. The summed E-state index contributed by atoms with van der Waals surface area (Å²) >= 11 is 0. The molecule has 0 radical (unpaired) electrons. The Morgan fingerprint density at radius 1 is 1.35 bits per heavy atom. The third-order valence-electron chi connectivity index (χ3n) is 6.13. The van der Waals surface area contributed by atoms with Gasteiger partial charge in [0.1, 0.15) is 0 Å². The zero-order chi connectivity index (χ0) is 23.0. The van der Waals surface area contributed by atoms with E-state index in [9.17, 15) is 18.0 Å². The molecule has 2 heterocycles. The normalized spacial score (nSPS) is 18.4. The number of amides is 2. The Hall–Kier alpha value is -2.79. The Bertz CT molecular complexity index is 1140. The van der Waals surface area contributed by atoms with Gasteiger partial charge in [0.25, 0.3) is 5.91 Å². The number of hydroxylamine groups is 1. The van der Waals surface area contributed by atoms with Crippen LogP contribution in [-0.4, -0.2) is 77.1 Å². The molecular formula is C21H26N4O5S. The number of aromatic nitrogens is 1. The van der Waals surface area contributed by atoms with E-state index in [4.69, 9.17) is 5.21 Å². The maximum atomic E-state index is 12.7. The van der Waals surface area contributed by atoms with Crippen LogP contribution in [0.3, 0.4) is 0 Å². The lowest BCUT2D eigenvalue weighted by atomic mass is 10.1. The Kier molecular flexibility index (Phi) is 5.94. The van der Waals surface area contributed by atoms with Crippen molar-refractivity contribution in [2.75, 3.05) is 26.9 Å². The largest absolute Gasteiger partial charge is 0.328 e. The zero-order valence-corrected chi connectivity index (χ0v) is 18.8. The average Bonchev–Trinajstić information content (AvgIpc) is 3.31. The summed E-state index contributed by atoms with van der Waals surface area (Å²) in [7, 11) is 0.178. The molecule has 166 valence electrons. The van der Waals surface area contributed by atoms with Gasteiger partial charge in [-0.05, 0) is 58.2 Å². The van der Waals surface area contributed by atoms with Gasteiger partial charge in [-0.25, -0.2) is 18.7 Å². The fourth-order valence-electron chi connectivity index (χ4n) is 3.45. The van der Waals surface area contributed by atoms with Gasteiger partial charge in [-0.1, -0.05) is 11.8 Å². The first-order valence-electron chi connectivity index (χ1n) is 9.79. The molecule has 0 aromatic carbocycles. The van der Waals surface area contributed by atoms with Crippen LogP contribution in [0.15, 0.2) is 12.3 Å². The Morgan fingerprint density at radius 2 is 2.03 bits per heavy atom. The van der Waals surface area contributed by atoms with E-state index >= 15 is 0 Å². The van der Waals surface area contributed by atoms with E-state index < -0.39 is 20.5 Å². The van der Waals surface area contributed by atoms with Crippen molar-refractivity contribution in [2.24, 2.45) is 0 Å². The van der Waals surface area contributed by atoms with Crippen LogP contribution in [0.4, 0.5) is 4.79 Å². The highest BCUT2D eigenvalue weighted by atomic mass is 32.2. The first kappa shape index (κ1) is 22.9. The molecule has 1 unspecified atom stereocenters. The first-order chi connectivity index (χ1) is 14.4. The topological polar surface area (TPSA) is 112 Å². The molecule has 0 saturated heterocycles. The SMILES string of the molecule is CN(C)C1(C#CC#Cc2cc3n(c2)C(=O)N(CCC(C)(C(=O)NO)S(C)(=O)=O)C3)CC1. The molecule has 1 saturated carbocycles. The second-order valence-electron chi connectivity index (χ2n) is 8.41. The van der Waals surface area contributed by atoms with Crippen LogP contribution >= 0.6 is 0 Å². The van der Waals surface area contributed by atoms with Crippen LogP contribution in [0, 0.1) is 23.7 Å². The second-order valence-corrected chi connectivity index (χ2v) is 10.9.